The number of carbonyl (C=O) groups excluding carboxylic acids is 1. The van der Waals surface area contributed by atoms with Gasteiger partial charge in [-0.1, -0.05) is 24.3 Å². The Labute approximate surface area is 230 Å². The van der Waals surface area contributed by atoms with Crippen molar-refractivity contribution in [3.05, 3.63) is 94.5 Å². The van der Waals surface area contributed by atoms with Crippen LogP contribution < -0.4 is 0 Å². The number of carbonyl (C=O) groups is 1. The maximum absolute atomic E-state index is 13.6. The van der Waals surface area contributed by atoms with Crippen LogP contribution in [0.15, 0.2) is 66.7 Å². The Morgan fingerprint density at radius 1 is 0.780 bits per heavy atom. The minimum atomic E-state index is -5.11. The third-order valence-corrected chi connectivity index (χ3v) is 7.94. The molecule has 2 atom stereocenters. The van der Waals surface area contributed by atoms with Crippen LogP contribution in [0.2, 0.25) is 0 Å². The van der Waals surface area contributed by atoms with Gasteiger partial charge in [0, 0.05) is 9.58 Å². The lowest BCUT2D eigenvalue weighted by atomic mass is 9.96. The number of alkyl halides is 9. The number of benzene rings is 3. The van der Waals surface area contributed by atoms with E-state index in [9.17, 15) is 44.3 Å². The predicted octanol–water partition coefficient (Wildman–Crippen LogP) is 9.71. The van der Waals surface area contributed by atoms with Gasteiger partial charge in [-0.25, -0.2) is 4.79 Å². The Kier molecular flexibility index (Phi) is 6.99. The average molecular weight is 604 g/mol. The zero-order valence-electron chi connectivity index (χ0n) is 20.8. The molecule has 0 saturated carbocycles. The molecule has 0 bridgehead atoms. The van der Waals surface area contributed by atoms with Crippen LogP contribution >= 0.6 is 11.3 Å². The first-order valence-electron chi connectivity index (χ1n) is 12.0. The molecule has 0 unspecified atom stereocenters. The third-order valence-electron chi connectivity index (χ3n) is 6.79. The fourth-order valence-corrected chi connectivity index (χ4v) is 5.87. The first-order chi connectivity index (χ1) is 19.0. The summed E-state index contributed by atoms with van der Waals surface area (Å²) in [7, 11) is 0. The van der Waals surface area contributed by atoms with E-state index in [1.54, 1.807) is 18.2 Å². The van der Waals surface area contributed by atoms with E-state index >= 15 is 0 Å². The zero-order chi connectivity index (χ0) is 29.9. The first kappa shape index (κ1) is 28.8. The van der Waals surface area contributed by atoms with Crippen molar-refractivity contribution in [1.82, 2.24) is 4.90 Å². The van der Waals surface area contributed by atoms with Gasteiger partial charge in [-0.05, 0) is 71.5 Å². The van der Waals surface area contributed by atoms with Crippen molar-refractivity contribution >= 4 is 27.5 Å². The average Bonchev–Trinajstić information content (AvgIpc) is 3.43. The number of amides is 1. The number of cyclic esters (lactones) is 1. The standard InChI is InChI=1S/C28H18F9NO2S/c1-14-24(16-8-19(27(32,33)34)12-20(9-16)28(35,36)37)40-25(39)38(14)13-17-10-18(26(29,30)31)6-7-21(17)23-11-15-4-2-3-5-22(15)41-23/h2-12,14,24H,13H2,1H3/t14-,24-/m0/s1. The minimum absolute atomic E-state index is 0.0391. The van der Waals surface area contributed by atoms with Gasteiger partial charge in [0.2, 0.25) is 0 Å². The van der Waals surface area contributed by atoms with Gasteiger partial charge in [-0.15, -0.1) is 11.3 Å². The molecule has 5 rings (SSSR count). The highest BCUT2D eigenvalue weighted by Crippen LogP contribution is 2.43. The second-order valence-electron chi connectivity index (χ2n) is 9.53. The zero-order valence-corrected chi connectivity index (χ0v) is 21.6. The monoisotopic (exact) mass is 603 g/mol. The molecule has 0 aliphatic carbocycles. The molecule has 1 saturated heterocycles. The van der Waals surface area contributed by atoms with Crippen LogP contribution in [0.4, 0.5) is 44.3 Å². The number of thiophene rings is 1. The van der Waals surface area contributed by atoms with Crippen LogP contribution in [0.5, 0.6) is 0 Å². The van der Waals surface area contributed by atoms with Gasteiger partial charge in [0.1, 0.15) is 6.10 Å². The van der Waals surface area contributed by atoms with Gasteiger partial charge in [0.15, 0.2) is 0 Å². The molecule has 1 aromatic heterocycles. The van der Waals surface area contributed by atoms with Crippen molar-refractivity contribution in [1.29, 1.82) is 0 Å². The van der Waals surface area contributed by atoms with Crippen molar-refractivity contribution in [2.24, 2.45) is 0 Å². The van der Waals surface area contributed by atoms with E-state index < -0.39 is 65.6 Å². The molecule has 3 nitrogen and oxygen atoms in total. The Hall–Kier alpha value is -3.74. The molecule has 4 aromatic rings. The SMILES string of the molecule is C[C@H]1[C@@H](c2cc(C(F)(F)F)cc(C(F)(F)F)c2)OC(=O)N1Cc1cc(C(F)(F)F)ccc1-c1cc2ccccc2s1. The van der Waals surface area contributed by atoms with Crippen molar-refractivity contribution < 1.29 is 49.0 Å². The number of ether oxygens (including phenoxy) is 1. The summed E-state index contributed by atoms with van der Waals surface area (Å²) in [6.07, 6.45) is -17.6. The largest absolute Gasteiger partial charge is 0.439 e. The molecule has 1 aliphatic heterocycles. The number of rotatable bonds is 4. The van der Waals surface area contributed by atoms with Crippen LogP contribution in [-0.2, 0) is 29.8 Å². The molecule has 2 heterocycles. The molecule has 3 aromatic carbocycles. The van der Waals surface area contributed by atoms with Crippen molar-refractivity contribution in [2.45, 2.75) is 44.1 Å². The topological polar surface area (TPSA) is 29.5 Å². The van der Waals surface area contributed by atoms with Crippen LogP contribution in [0, 0.1) is 0 Å². The molecule has 1 aliphatic rings. The minimum Gasteiger partial charge on any atom is -0.439 e. The molecule has 0 N–H and O–H groups in total. The Morgan fingerprint density at radius 3 is 1.98 bits per heavy atom. The lowest BCUT2D eigenvalue weighted by Crippen LogP contribution is -2.31. The summed E-state index contributed by atoms with van der Waals surface area (Å²) in [5.74, 6) is 0. The van der Waals surface area contributed by atoms with E-state index in [2.05, 4.69) is 0 Å². The van der Waals surface area contributed by atoms with E-state index in [1.807, 2.05) is 12.1 Å². The summed E-state index contributed by atoms with van der Waals surface area (Å²) in [6.45, 7) is 0.908. The predicted molar refractivity (Wildman–Crippen MR) is 133 cm³/mol. The Balaban J connectivity index is 1.54. The highest BCUT2D eigenvalue weighted by Gasteiger charge is 2.43. The molecule has 41 heavy (non-hydrogen) atoms. The summed E-state index contributed by atoms with van der Waals surface area (Å²) in [6, 6.07) is 11.9. The number of hydrogen-bond acceptors (Lipinski definition) is 3. The van der Waals surface area contributed by atoms with Crippen LogP contribution in [0.25, 0.3) is 20.5 Å². The molecule has 216 valence electrons. The van der Waals surface area contributed by atoms with Gasteiger partial charge >= 0.3 is 24.6 Å². The van der Waals surface area contributed by atoms with Gasteiger partial charge in [0.25, 0.3) is 0 Å². The van der Waals surface area contributed by atoms with Crippen LogP contribution in [-0.4, -0.2) is 17.0 Å². The maximum Gasteiger partial charge on any atom is 0.416 e. The lowest BCUT2D eigenvalue weighted by molar-refractivity contribution is -0.143. The van der Waals surface area contributed by atoms with Gasteiger partial charge < -0.3 is 4.74 Å². The lowest BCUT2D eigenvalue weighted by Gasteiger charge is -2.23. The number of halogens is 9. The van der Waals surface area contributed by atoms with E-state index in [0.29, 0.717) is 22.6 Å². The number of hydrogen-bond donors (Lipinski definition) is 0. The smallest absolute Gasteiger partial charge is 0.416 e. The fraction of sp³-hybridized carbons (Fsp3) is 0.250. The van der Waals surface area contributed by atoms with Crippen molar-refractivity contribution in [3.63, 3.8) is 0 Å². The van der Waals surface area contributed by atoms with Gasteiger partial charge in [-0.3, -0.25) is 4.90 Å². The quantitative estimate of drug-likeness (QED) is 0.218. The summed E-state index contributed by atoms with van der Waals surface area (Å²) < 4.78 is 127. The summed E-state index contributed by atoms with van der Waals surface area (Å²) in [4.78, 5) is 14.4. The summed E-state index contributed by atoms with van der Waals surface area (Å²) >= 11 is 1.31. The third kappa shape index (κ3) is 5.72. The molecule has 13 heteroatoms. The highest BCUT2D eigenvalue weighted by atomic mass is 32.1. The van der Waals surface area contributed by atoms with Gasteiger partial charge in [0.05, 0.1) is 29.3 Å². The van der Waals surface area contributed by atoms with Crippen molar-refractivity contribution in [3.8, 4) is 10.4 Å². The number of fused-ring (bicyclic) bond motifs is 1. The van der Waals surface area contributed by atoms with Crippen molar-refractivity contribution in [2.75, 3.05) is 0 Å². The Morgan fingerprint density at radius 2 is 1.39 bits per heavy atom. The first-order valence-corrected chi connectivity index (χ1v) is 12.8. The molecule has 1 fully saturated rings. The molecular weight excluding hydrogens is 585 g/mol. The second-order valence-corrected chi connectivity index (χ2v) is 10.6. The second kappa shape index (κ2) is 9.97. The summed E-state index contributed by atoms with van der Waals surface area (Å²) in [5, 5.41) is 0.845. The van der Waals surface area contributed by atoms with E-state index in [-0.39, 0.29) is 11.6 Å². The Bertz CT molecular complexity index is 1560. The molecule has 1 amide bonds. The fourth-order valence-electron chi connectivity index (χ4n) is 4.74. The van der Waals surface area contributed by atoms with Crippen LogP contribution in [0.1, 0.15) is 40.8 Å². The van der Waals surface area contributed by atoms with Crippen LogP contribution in [0.3, 0.4) is 0 Å². The highest BCUT2D eigenvalue weighted by molar-refractivity contribution is 7.22. The van der Waals surface area contributed by atoms with E-state index in [1.165, 1.54) is 24.3 Å². The maximum atomic E-state index is 13.6. The number of nitrogens with zero attached hydrogens (tertiary/aromatic N) is 1. The van der Waals surface area contributed by atoms with E-state index in [4.69, 9.17) is 4.74 Å². The van der Waals surface area contributed by atoms with E-state index in [0.717, 1.165) is 27.1 Å². The molecular formula is C28H18F9NO2S. The molecule has 0 radical (unpaired) electrons. The molecule has 0 spiro atoms. The van der Waals surface area contributed by atoms with Gasteiger partial charge in [-0.2, -0.15) is 39.5 Å². The normalized spacial score (nSPS) is 18.3. The summed E-state index contributed by atoms with van der Waals surface area (Å²) in [5.41, 5.74) is -4.20.